The number of carbonyl (C=O) groups is 1. The maximum absolute atomic E-state index is 13.2. The molecule has 0 spiro atoms. The van der Waals surface area contributed by atoms with Gasteiger partial charge in [-0.1, -0.05) is 55.4 Å². The molecule has 1 aliphatic rings. The summed E-state index contributed by atoms with van der Waals surface area (Å²) in [4.78, 5) is 30.1. The second-order valence-corrected chi connectivity index (χ2v) is 8.92. The number of hydrogen-bond donors (Lipinski definition) is 1. The second kappa shape index (κ2) is 10.2. The molecule has 33 heavy (non-hydrogen) atoms. The summed E-state index contributed by atoms with van der Waals surface area (Å²) in [5.41, 5.74) is 1.83. The normalized spacial score (nSPS) is 15.1. The number of rotatable bonds is 8. The Kier molecular flexibility index (Phi) is 7.13. The molecule has 172 valence electrons. The quantitative estimate of drug-likeness (QED) is 0.291. The summed E-state index contributed by atoms with van der Waals surface area (Å²) in [5, 5.41) is 3.35. The maximum Gasteiger partial charge on any atom is 0.279 e. The van der Waals surface area contributed by atoms with Crippen LogP contribution in [0.15, 0.2) is 58.5 Å². The zero-order valence-corrected chi connectivity index (χ0v) is 19.5. The van der Waals surface area contributed by atoms with Crippen molar-refractivity contribution in [1.82, 2.24) is 9.55 Å². The summed E-state index contributed by atoms with van der Waals surface area (Å²) < 4.78 is 20.9. The van der Waals surface area contributed by atoms with Crippen molar-refractivity contribution in [3.63, 3.8) is 0 Å². The Balaban J connectivity index is 1.68. The Bertz CT molecular complexity index is 1210. The van der Waals surface area contributed by atoms with Gasteiger partial charge in [-0.25, -0.2) is 4.39 Å². The summed E-state index contributed by atoms with van der Waals surface area (Å²) in [6.07, 6.45) is 2.09. The minimum Gasteiger partial charge on any atom is -0.493 e. The van der Waals surface area contributed by atoms with Gasteiger partial charge in [0.25, 0.3) is 5.56 Å². The number of hydrogen-bond acceptors (Lipinski definition) is 5. The lowest BCUT2D eigenvalue weighted by molar-refractivity contribution is -0.116. The zero-order chi connectivity index (χ0) is 23.4. The van der Waals surface area contributed by atoms with E-state index in [2.05, 4.69) is 17.2 Å². The predicted molar refractivity (Wildman–Crippen MR) is 127 cm³/mol. The molecule has 0 bridgehead atoms. The van der Waals surface area contributed by atoms with Gasteiger partial charge in [0.15, 0.2) is 5.16 Å². The smallest absolute Gasteiger partial charge is 0.279 e. The van der Waals surface area contributed by atoms with Crippen LogP contribution in [0.2, 0.25) is 0 Å². The third kappa shape index (κ3) is 5.11. The van der Waals surface area contributed by atoms with E-state index in [4.69, 9.17) is 4.74 Å². The first-order chi connectivity index (χ1) is 16.0. The summed E-state index contributed by atoms with van der Waals surface area (Å²) in [6.45, 7) is 2.67. The Labute approximate surface area is 196 Å². The molecule has 1 aromatic heterocycles. The zero-order valence-electron chi connectivity index (χ0n) is 18.6. The molecule has 0 saturated heterocycles. The standard InChI is InChI=1S/C25H26FN3O3S/c1-3-4-13-32-20-8-6-5-7-18(20)19-14-21(30)27-23-22(19)24(31)28-25(29(23)2)33-15-16-9-11-17(26)12-10-16/h5-12,19H,3-4,13-15H2,1-2H3,(H,27,30)/t19-/m1/s1. The van der Waals surface area contributed by atoms with Gasteiger partial charge in [-0.3, -0.25) is 9.59 Å². The molecule has 0 saturated carbocycles. The van der Waals surface area contributed by atoms with E-state index in [9.17, 15) is 14.0 Å². The maximum atomic E-state index is 13.2. The fourth-order valence-corrected chi connectivity index (χ4v) is 4.81. The molecule has 6 nitrogen and oxygen atoms in total. The van der Waals surface area contributed by atoms with Crippen molar-refractivity contribution in [1.29, 1.82) is 0 Å². The van der Waals surface area contributed by atoms with Gasteiger partial charge in [0.1, 0.15) is 17.4 Å². The first kappa shape index (κ1) is 23.0. The fourth-order valence-electron chi connectivity index (χ4n) is 3.88. The van der Waals surface area contributed by atoms with E-state index in [1.807, 2.05) is 24.3 Å². The number of benzene rings is 2. The average Bonchev–Trinajstić information content (AvgIpc) is 2.81. The molecule has 1 amide bonds. The van der Waals surface area contributed by atoms with Crippen LogP contribution >= 0.6 is 11.8 Å². The van der Waals surface area contributed by atoms with Crippen LogP contribution in [-0.4, -0.2) is 22.1 Å². The van der Waals surface area contributed by atoms with Crippen LogP contribution in [0.25, 0.3) is 0 Å². The van der Waals surface area contributed by atoms with Gasteiger partial charge >= 0.3 is 0 Å². The molecule has 0 aliphatic carbocycles. The lowest BCUT2D eigenvalue weighted by Crippen LogP contribution is -2.33. The SMILES string of the molecule is CCCCOc1ccccc1[C@H]1CC(=O)Nc2c1c(=O)nc(SCc1ccc(F)cc1)n2C. The van der Waals surface area contributed by atoms with E-state index < -0.39 is 5.92 Å². The topological polar surface area (TPSA) is 73.2 Å². The van der Waals surface area contributed by atoms with Crippen molar-refractivity contribution in [3.8, 4) is 5.75 Å². The molecule has 3 aromatic rings. The lowest BCUT2D eigenvalue weighted by atomic mass is 9.86. The van der Waals surface area contributed by atoms with Crippen LogP contribution in [0.1, 0.15) is 48.8 Å². The number of para-hydroxylation sites is 1. The highest BCUT2D eigenvalue weighted by Gasteiger charge is 2.33. The Morgan fingerprint density at radius 2 is 1.94 bits per heavy atom. The van der Waals surface area contributed by atoms with Gasteiger partial charge in [-0.15, -0.1) is 0 Å². The molecule has 0 fully saturated rings. The van der Waals surface area contributed by atoms with Gasteiger partial charge < -0.3 is 14.6 Å². The van der Waals surface area contributed by atoms with Crippen LogP contribution in [-0.2, 0) is 17.6 Å². The Morgan fingerprint density at radius 3 is 2.70 bits per heavy atom. The van der Waals surface area contributed by atoms with Crippen LogP contribution in [0.5, 0.6) is 5.75 Å². The van der Waals surface area contributed by atoms with E-state index >= 15 is 0 Å². The van der Waals surface area contributed by atoms with Crippen molar-refractivity contribution >= 4 is 23.5 Å². The van der Waals surface area contributed by atoms with E-state index in [0.29, 0.717) is 34.6 Å². The summed E-state index contributed by atoms with van der Waals surface area (Å²) in [7, 11) is 1.78. The number of halogens is 1. The number of carbonyl (C=O) groups excluding carboxylic acids is 1. The first-order valence-electron chi connectivity index (χ1n) is 11.0. The van der Waals surface area contributed by atoms with Gasteiger partial charge in [0, 0.05) is 30.7 Å². The summed E-state index contributed by atoms with van der Waals surface area (Å²) in [6, 6.07) is 13.8. The number of nitrogens with one attached hydrogen (secondary N) is 1. The largest absolute Gasteiger partial charge is 0.493 e. The molecular formula is C25H26FN3O3S. The molecular weight excluding hydrogens is 441 g/mol. The van der Waals surface area contributed by atoms with Crippen molar-refractivity contribution in [3.05, 3.63) is 81.4 Å². The van der Waals surface area contributed by atoms with E-state index in [1.165, 1.54) is 23.9 Å². The van der Waals surface area contributed by atoms with E-state index in [1.54, 1.807) is 23.7 Å². The molecule has 1 N–H and O–H groups in total. The van der Waals surface area contributed by atoms with Crippen molar-refractivity contribution < 1.29 is 13.9 Å². The minimum absolute atomic E-state index is 0.153. The van der Waals surface area contributed by atoms with Gasteiger partial charge in [0.05, 0.1) is 12.2 Å². The van der Waals surface area contributed by atoms with Crippen molar-refractivity contribution in [2.75, 3.05) is 11.9 Å². The monoisotopic (exact) mass is 467 g/mol. The van der Waals surface area contributed by atoms with Crippen molar-refractivity contribution in [2.45, 2.75) is 43.0 Å². The molecule has 1 aliphatic heterocycles. The van der Waals surface area contributed by atoms with E-state index in [-0.39, 0.29) is 23.7 Å². The van der Waals surface area contributed by atoms with Gasteiger partial charge in [-0.2, -0.15) is 4.98 Å². The highest BCUT2D eigenvalue weighted by atomic mass is 32.2. The molecule has 2 heterocycles. The number of thioether (sulfide) groups is 1. The Morgan fingerprint density at radius 1 is 1.18 bits per heavy atom. The molecule has 4 rings (SSSR count). The number of unbranched alkanes of at least 4 members (excludes halogenated alkanes) is 1. The number of anilines is 1. The predicted octanol–water partition coefficient (Wildman–Crippen LogP) is 4.86. The number of fused-ring (bicyclic) bond motifs is 1. The molecule has 0 radical (unpaired) electrons. The number of ether oxygens (including phenoxy) is 1. The summed E-state index contributed by atoms with van der Waals surface area (Å²) >= 11 is 1.36. The van der Waals surface area contributed by atoms with Crippen LogP contribution in [0.3, 0.4) is 0 Å². The van der Waals surface area contributed by atoms with Crippen LogP contribution < -0.4 is 15.6 Å². The molecule has 2 aromatic carbocycles. The highest BCUT2D eigenvalue weighted by molar-refractivity contribution is 7.98. The van der Waals surface area contributed by atoms with Gasteiger partial charge in [-0.05, 0) is 30.2 Å². The highest BCUT2D eigenvalue weighted by Crippen LogP contribution is 2.39. The second-order valence-electron chi connectivity index (χ2n) is 7.98. The third-order valence-corrected chi connectivity index (χ3v) is 6.73. The molecule has 8 heteroatoms. The number of amides is 1. The number of nitrogens with zero attached hydrogens (tertiary/aromatic N) is 2. The van der Waals surface area contributed by atoms with Gasteiger partial charge in [0.2, 0.25) is 5.91 Å². The van der Waals surface area contributed by atoms with Crippen LogP contribution in [0, 0.1) is 5.82 Å². The minimum atomic E-state index is -0.436. The first-order valence-corrected chi connectivity index (χ1v) is 12.0. The average molecular weight is 468 g/mol. The van der Waals surface area contributed by atoms with Crippen LogP contribution in [0.4, 0.5) is 10.2 Å². The molecule has 1 atom stereocenters. The fraction of sp³-hybridized carbons (Fsp3) is 0.320. The summed E-state index contributed by atoms with van der Waals surface area (Å²) in [5.74, 6) is 0.774. The van der Waals surface area contributed by atoms with Crippen molar-refractivity contribution in [2.24, 2.45) is 7.05 Å². The number of aromatic nitrogens is 2. The van der Waals surface area contributed by atoms with E-state index in [0.717, 1.165) is 24.0 Å². The lowest BCUT2D eigenvalue weighted by Gasteiger charge is -2.28. The molecule has 0 unspecified atom stereocenters. The third-order valence-electron chi connectivity index (χ3n) is 5.63. The Hall–Kier alpha value is -3.13.